The van der Waals surface area contributed by atoms with Crippen molar-refractivity contribution in [2.75, 3.05) is 45.8 Å². The van der Waals surface area contributed by atoms with Crippen molar-refractivity contribution in [1.82, 2.24) is 24.6 Å². The topological polar surface area (TPSA) is 107 Å². The first kappa shape index (κ1) is 27.4. The van der Waals surface area contributed by atoms with Gasteiger partial charge in [-0.05, 0) is 47.5 Å². The highest BCUT2D eigenvalue weighted by Gasteiger charge is 2.22. The highest BCUT2D eigenvalue weighted by atomic mass is 19.1. The number of nitrogens with zero attached hydrogens (tertiary/aromatic N) is 4. The van der Waals surface area contributed by atoms with E-state index in [0.29, 0.717) is 23.8 Å². The summed E-state index contributed by atoms with van der Waals surface area (Å²) < 4.78 is 32.4. The highest BCUT2D eigenvalue weighted by Crippen LogP contribution is 2.30. The summed E-state index contributed by atoms with van der Waals surface area (Å²) in [5.74, 6) is 0.0330. The van der Waals surface area contributed by atoms with Gasteiger partial charge in [0.1, 0.15) is 22.9 Å². The minimum absolute atomic E-state index is 0.135. The van der Waals surface area contributed by atoms with Gasteiger partial charge in [-0.25, -0.2) is 9.37 Å². The van der Waals surface area contributed by atoms with Crippen LogP contribution in [-0.2, 0) is 17.8 Å². The number of hydrogen-bond donors (Lipinski definition) is 2. The van der Waals surface area contributed by atoms with E-state index in [4.69, 9.17) is 24.3 Å². The number of imidazole rings is 1. The zero-order valence-electron chi connectivity index (χ0n) is 23.4. The fourth-order valence-corrected chi connectivity index (χ4v) is 5.05. The van der Waals surface area contributed by atoms with Gasteiger partial charge >= 0.3 is 0 Å². The molecule has 0 spiro atoms. The molecule has 2 N–H and O–H groups in total. The first-order chi connectivity index (χ1) is 20.5. The van der Waals surface area contributed by atoms with Crippen molar-refractivity contribution in [3.8, 4) is 23.0 Å². The van der Waals surface area contributed by atoms with Gasteiger partial charge in [-0.3, -0.25) is 14.4 Å². The summed E-state index contributed by atoms with van der Waals surface area (Å²) in [6, 6.07) is 18.0. The van der Waals surface area contributed by atoms with Crippen LogP contribution < -0.4 is 14.8 Å². The fraction of sp³-hybridized carbons (Fsp3) is 0.258. The second kappa shape index (κ2) is 12.0. The molecule has 5 aromatic rings. The molecule has 0 radical (unpaired) electrons. The average molecular weight is 571 g/mol. The Morgan fingerprint density at radius 3 is 2.57 bits per heavy atom. The van der Waals surface area contributed by atoms with Gasteiger partial charge in [0.25, 0.3) is 5.91 Å². The molecule has 1 amide bonds. The molecule has 0 aliphatic carbocycles. The number of amides is 1. The minimum Gasteiger partial charge on any atom is -0.497 e. The maximum absolute atomic E-state index is 14.7. The molecule has 216 valence electrons. The molecular weight excluding hydrogens is 539 g/mol. The molecule has 0 unspecified atom stereocenters. The third kappa shape index (κ3) is 5.83. The molecule has 1 saturated heterocycles. The lowest BCUT2D eigenvalue weighted by atomic mass is 10.1. The predicted octanol–water partition coefficient (Wildman–Crippen LogP) is 4.72. The maximum Gasteiger partial charge on any atom is 0.262 e. The molecule has 6 rings (SSSR count). The Balaban J connectivity index is 1.34. The van der Waals surface area contributed by atoms with Crippen LogP contribution in [-0.4, -0.2) is 71.1 Å². The molecule has 1 aliphatic rings. The van der Waals surface area contributed by atoms with Gasteiger partial charge < -0.3 is 24.5 Å². The van der Waals surface area contributed by atoms with Gasteiger partial charge in [0, 0.05) is 25.8 Å². The van der Waals surface area contributed by atoms with Crippen LogP contribution in [0, 0.1) is 5.82 Å². The van der Waals surface area contributed by atoms with Crippen LogP contribution >= 0.6 is 0 Å². The zero-order chi connectivity index (χ0) is 29.1. The molecule has 1 aliphatic heterocycles. The summed E-state index contributed by atoms with van der Waals surface area (Å²) in [6.07, 6.45) is 1.71. The Kier molecular flexibility index (Phi) is 7.85. The van der Waals surface area contributed by atoms with E-state index in [9.17, 15) is 9.18 Å². The Hall–Kier alpha value is -4.74. The van der Waals surface area contributed by atoms with E-state index < -0.39 is 11.7 Å². The Labute approximate surface area is 242 Å². The summed E-state index contributed by atoms with van der Waals surface area (Å²) in [6.45, 7) is 4.52. The SMILES string of the molecule is COc1ccc(Cn2cc(NC(=O)c3c(F)cccc3OC)c(-c3nc4ccc(CN5CCOCC5)cc4[nH]3)n2)cc1. The number of rotatable bonds is 9. The van der Waals surface area contributed by atoms with E-state index >= 15 is 0 Å². The van der Waals surface area contributed by atoms with Crippen LogP contribution in [0.3, 0.4) is 0 Å². The second-order valence-electron chi connectivity index (χ2n) is 10.0. The number of aromatic nitrogens is 4. The van der Waals surface area contributed by atoms with E-state index in [2.05, 4.69) is 27.3 Å². The normalized spacial score (nSPS) is 13.8. The number of carbonyl (C=O) groups excluding carboxylic acids is 1. The van der Waals surface area contributed by atoms with Crippen molar-refractivity contribution >= 4 is 22.6 Å². The van der Waals surface area contributed by atoms with E-state index in [1.54, 1.807) is 24.1 Å². The number of methoxy groups -OCH3 is 2. The van der Waals surface area contributed by atoms with Crippen LogP contribution in [0.25, 0.3) is 22.6 Å². The maximum atomic E-state index is 14.7. The Bertz CT molecular complexity index is 1710. The summed E-state index contributed by atoms with van der Waals surface area (Å²) >= 11 is 0. The predicted molar refractivity (Wildman–Crippen MR) is 156 cm³/mol. The first-order valence-electron chi connectivity index (χ1n) is 13.6. The smallest absolute Gasteiger partial charge is 0.262 e. The number of nitrogens with one attached hydrogen (secondary N) is 2. The molecule has 42 heavy (non-hydrogen) atoms. The number of ether oxygens (including phenoxy) is 3. The second-order valence-corrected chi connectivity index (χ2v) is 10.0. The minimum atomic E-state index is -0.685. The molecule has 0 saturated carbocycles. The van der Waals surface area contributed by atoms with E-state index in [1.807, 2.05) is 30.3 Å². The number of fused-ring (bicyclic) bond motifs is 1. The molecule has 3 aromatic carbocycles. The molecule has 2 aromatic heterocycles. The van der Waals surface area contributed by atoms with Gasteiger partial charge in [-0.15, -0.1) is 0 Å². The number of halogens is 1. The van der Waals surface area contributed by atoms with Crippen molar-refractivity contribution in [1.29, 1.82) is 0 Å². The van der Waals surface area contributed by atoms with Crippen molar-refractivity contribution in [3.63, 3.8) is 0 Å². The highest BCUT2D eigenvalue weighted by molar-refractivity contribution is 6.07. The number of anilines is 1. The lowest BCUT2D eigenvalue weighted by molar-refractivity contribution is 0.0342. The van der Waals surface area contributed by atoms with Crippen molar-refractivity contribution in [2.24, 2.45) is 0 Å². The Morgan fingerprint density at radius 2 is 1.81 bits per heavy atom. The van der Waals surface area contributed by atoms with Gasteiger partial charge in [-0.1, -0.05) is 24.3 Å². The molecule has 11 heteroatoms. The number of carbonyl (C=O) groups is 1. The molecule has 0 atom stereocenters. The first-order valence-corrected chi connectivity index (χ1v) is 13.6. The van der Waals surface area contributed by atoms with Gasteiger partial charge in [-0.2, -0.15) is 5.10 Å². The van der Waals surface area contributed by atoms with E-state index in [1.165, 1.54) is 19.2 Å². The van der Waals surface area contributed by atoms with Gasteiger partial charge in [0.05, 0.1) is 50.7 Å². The van der Waals surface area contributed by atoms with Gasteiger partial charge in [0.2, 0.25) is 0 Å². The average Bonchev–Trinajstić information content (AvgIpc) is 3.61. The fourth-order valence-electron chi connectivity index (χ4n) is 5.05. The molecule has 10 nitrogen and oxygen atoms in total. The van der Waals surface area contributed by atoms with Crippen LogP contribution in [0.15, 0.2) is 66.9 Å². The standard InChI is InChI=1S/C31H31FN6O4/c1-40-22-9-6-20(7-10-22)18-38-19-26(35-31(39)28-23(32)4-3-5-27(28)41-2)29(36-38)30-33-24-11-8-21(16-25(24)34-30)17-37-12-14-42-15-13-37/h3-11,16,19H,12-15,17-18H2,1-2H3,(H,33,34)(H,35,39). The van der Waals surface area contributed by atoms with Crippen LogP contribution in [0.2, 0.25) is 0 Å². The number of hydrogen-bond acceptors (Lipinski definition) is 7. The molecule has 3 heterocycles. The molecule has 0 bridgehead atoms. The summed E-state index contributed by atoms with van der Waals surface area (Å²) in [7, 11) is 3.01. The molecule has 1 fully saturated rings. The lowest BCUT2D eigenvalue weighted by Crippen LogP contribution is -2.35. The van der Waals surface area contributed by atoms with Crippen LogP contribution in [0.4, 0.5) is 10.1 Å². The van der Waals surface area contributed by atoms with Gasteiger partial charge in [0.15, 0.2) is 11.5 Å². The van der Waals surface area contributed by atoms with Crippen molar-refractivity contribution in [3.05, 3.63) is 89.4 Å². The number of morpholine rings is 1. The Morgan fingerprint density at radius 1 is 1.02 bits per heavy atom. The van der Waals surface area contributed by atoms with E-state index in [-0.39, 0.29) is 11.3 Å². The molecular formula is C31H31FN6O4. The summed E-state index contributed by atoms with van der Waals surface area (Å²) in [5, 5.41) is 7.61. The summed E-state index contributed by atoms with van der Waals surface area (Å²) in [5.41, 5.74) is 4.39. The van der Waals surface area contributed by atoms with Crippen molar-refractivity contribution < 1.29 is 23.4 Å². The van der Waals surface area contributed by atoms with Crippen LogP contribution in [0.5, 0.6) is 11.5 Å². The monoisotopic (exact) mass is 570 g/mol. The van der Waals surface area contributed by atoms with E-state index in [0.717, 1.165) is 60.8 Å². The number of benzene rings is 3. The number of aromatic amines is 1. The third-order valence-corrected chi connectivity index (χ3v) is 7.22. The number of H-pyrrole nitrogens is 1. The summed E-state index contributed by atoms with van der Waals surface area (Å²) in [4.78, 5) is 23.8. The third-order valence-electron chi connectivity index (χ3n) is 7.22. The lowest BCUT2D eigenvalue weighted by Gasteiger charge is -2.26. The zero-order valence-corrected chi connectivity index (χ0v) is 23.4. The van der Waals surface area contributed by atoms with Crippen LogP contribution in [0.1, 0.15) is 21.5 Å². The van der Waals surface area contributed by atoms with Crippen molar-refractivity contribution in [2.45, 2.75) is 13.1 Å². The largest absolute Gasteiger partial charge is 0.497 e. The quantitative estimate of drug-likeness (QED) is 0.264.